The van der Waals surface area contributed by atoms with Gasteiger partial charge in [-0.2, -0.15) is 5.26 Å². The fourth-order valence-electron chi connectivity index (χ4n) is 1.64. The molecule has 112 valence electrons. The van der Waals surface area contributed by atoms with E-state index in [9.17, 15) is 14.0 Å². The van der Waals surface area contributed by atoms with Crippen LogP contribution in [0.25, 0.3) is 0 Å². The van der Waals surface area contributed by atoms with Crippen molar-refractivity contribution in [2.45, 2.75) is 13.5 Å². The van der Waals surface area contributed by atoms with E-state index in [0.717, 1.165) is 6.07 Å². The lowest BCUT2D eigenvalue weighted by Gasteiger charge is -2.21. The maximum absolute atomic E-state index is 13.8. The van der Waals surface area contributed by atoms with E-state index in [1.165, 1.54) is 17.0 Å². The third kappa shape index (κ3) is 5.20. The molecule has 0 spiro atoms. The predicted octanol–water partition coefficient (Wildman–Crippen LogP) is 1.15. The fraction of sp³-hybridized carbons (Fsp3) is 0.357. The highest BCUT2D eigenvalue weighted by molar-refractivity contribution is 5.78. The minimum absolute atomic E-state index is 0.0311. The molecule has 0 aliphatic carbocycles. The van der Waals surface area contributed by atoms with Crippen LogP contribution in [0.5, 0.6) is 0 Å². The number of rotatable bonds is 7. The monoisotopic (exact) mass is 294 g/mol. The number of hydrogen-bond acceptors (Lipinski definition) is 4. The maximum Gasteiger partial charge on any atom is 0.329 e. The smallest absolute Gasteiger partial charge is 0.329 e. The van der Waals surface area contributed by atoms with E-state index in [1.807, 2.05) is 6.07 Å². The molecule has 21 heavy (non-hydrogen) atoms. The number of halogens is 1. The van der Waals surface area contributed by atoms with Gasteiger partial charge in [0.1, 0.15) is 19.0 Å². The van der Waals surface area contributed by atoms with Crippen molar-refractivity contribution in [3.05, 3.63) is 35.1 Å². The molecule has 0 heterocycles. The lowest BCUT2D eigenvalue weighted by Crippen LogP contribution is -2.34. The van der Waals surface area contributed by atoms with Gasteiger partial charge in [-0.25, -0.2) is 9.18 Å². The molecule has 7 heteroatoms. The number of carboxylic acids is 1. The lowest BCUT2D eigenvalue weighted by atomic mass is 10.1. The second-order valence-corrected chi connectivity index (χ2v) is 4.21. The van der Waals surface area contributed by atoms with Crippen LogP contribution in [0.1, 0.15) is 18.1 Å². The lowest BCUT2D eigenvalue weighted by molar-refractivity contribution is -0.146. The van der Waals surface area contributed by atoms with Crippen molar-refractivity contribution in [3.8, 4) is 6.07 Å². The third-order valence-corrected chi connectivity index (χ3v) is 2.73. The first-order chi connectivity index (χ1) is 9.97. The maximum atomic E-state index is 13.8. The van der Waals surface area contributed by atoms with Crippen molar-refractivity contribution in [3.63, 3.8) is 0 Å². The number of nitrogens with zero attached hydrogens (tertiary/aromatic N) is 2. The number of carbonyl (C=O) groups is 2. The van der Waals surface area contributed by atoms with Gasteiger partial charge >= 0.3 is 5.97 Å². The van der Waals surface area contributed by atoms with E-state index in [0.29, 0.717) is 6.54 Å². The molecule has 0 radical (unpaired) electrons. The summed E-state index contributed by atoms with van der Waals surface area (Å²) in [5.41, 5.74) is 0.484. The van der Waals surface area contributed by atoms with Crippen LogP contribution in [-0.2, 0) is 20.9 Å². The summed E-state index contributed by atoms with van der Waals surface area (Å²) in [6.45, 7) is 1.14. The van der Waals surface area contributed by atoms with Gasteiger partial charge in [-0.3, -0.25) is 4.79 Å². The van der Waals surface area contributed by atoms with Gasteiger partial charge in [0, 0.05) is 18.7 Å². The summed E-state index contributed by atoms with van der Waals surface area (Å²) in [6.07, 6.45) is 0. The zero-order valence-corrected chi connectivity index (χ0v) is 11.5. The Morgan fingerprint density at radius 1 is 1.43 bits per heavy atom. The zero-order valence-electron chi connectivity index (χ0n) is 11.5. The minimum Gasteiger partial charge on any atom is -0.480 e. The van der Waals surface area contributed by atoms with Crippen molar-refractivity contribution < 1.29 is 23.8 Å². The Hall–Kier alpha value is -2.46. The van der Waals surface area contributed by atoms with Crippen molar-refractivity contribution in [2.75, 3.05) is 19.8 Å². The van der Waals surface area contributed by atoms with Gasteiger partial charge in [0.05, 0.1) is 11.6 Å². The summed E-state index contributed by atoms with van der Waals surface area (Å²) >= 11 is 0. The summed E-state index contributed by atoms with van der Waals surface area (Å²) in [7, 11) is 0. The van der Waals surface area contributed by atoms with E-state index >= 15 is 0 Å². The number of hydrogen-bond donors (Lipinski definition) is 1. The average Bonchev–Trinajstić information content (AvgIpc) is 2.45. The van der Waals surface area contributed by atoms with Crippen molar-refractivity contribution in [2.24, 2.45) is 0 Å². The molecule has 0 aliphatic rings. The van der Waals surface area contributed by atoms with E-state index in [4.69, 9.17) is 15.1 Å². The van der Waals surface area contributed by atoms with Gasteiger partial charge in [0.2, 0.25) is 5.91 Å². The van der Waals surface area contributed by atoms with E-state index in [1.54, 1.807) is 6.92 Å². The molecule has 0 saturated heterocycles. The van der Waals surface area contributed by atoms with Crippen LogP contribution in [0, 0.1) is 17.1 Å². The summed E-state index contributed by atoms with van der Waals surface area (Å²) < 4.78 is 18.5. The molecule has 0 unspecified atom stereocenters. The van der Waals surface area contributed by atoms with Crippen LogP contribution in [0.15, 0.2) is 18.2 Å². The normalized spacial score (nSPS) is 9.95. The molecule has 1 aromatic carbocycles. The highest BCUT2D eigenvalue weighted by atomic mass is 19.1. The van der Waals surface area contributed by atoms with E-state index < -0.39 is 24.3 Å². The molecule has 1 rings (SSSR count). The Balaban J connectivity index is 2.67. The Labute approximate surface area is 121 Å². The van der Waals surface area contributed by atoms with Crippen molar-refractivity contribution >= 4 is 11.9 Å². The highest BCUT2D eigenvalue weighted by Crippen LogP contribution is 2.12. The van der Waals surface area contributed by atoms with Crippen molar-refractivity contribution in [1.82, 2.24) is 4.90 Å². The minimum atomic E-state index is -1.16. The third-order valence-electron chi connectivity index (χ3n) is 2.73. The molecule has 0 aromatic heterocycles. The first-order valence-electron chi connectivity index (χ1n) is 6.23. The number of likely N-dealkylation sites (N-methyl/N-ethyl adjacent to an activating group) is 1. The van der Waals surface area contributed by atoms with Gasteiger partial charge in [-0.1, -0.05) is 6.07 Å². The molecule has 0 atom stereocenters. The van der Waals surface area contributed by atoms with Crippen LogP contribution in [-0.4, -0.2) is 41.6 Å². The summed E-state index contributed by atoms with van der Waals surface area (Å²) in [5, 5.41) is 17.1. The van der Waals surface area contributed by atoms with Crippen LogP contribution in [0.4, 0.5) is 4.39 Å². The Morgan fingerprint density at radius 2 is 2.14 bits per heavy atom. The fourth-order valence-corrected chi connectivity index (χ4v) is 1.64. The average molecular weight is 294 g/mol. The number of amides is 1. The highest BCUT2D eigenvalue weighted by Gasteiger charge is 2.15. The zero-order chi connectivity index (χ0) is 15.8. The quantitative estimate of drug-likeness (QED) is 0.814. The van der Waals surface area contributed by atoms with Crippen LogP contribution >= 0.6 is 0 Å². The molecular formula is C14H15FN2O4. The van der Waals surface area contributed by atoms with Crippen LogP contribution in [0.3, 0.4) is 0 Å². The second kappa shape index (κ2) is 7.97. The number of benzene rings is 1. The van der Waals surface area contributed by atoms with Gasteiger partial charge in [0.25, 0.3) is 0 Å². The number of aliphatic carboxylic acids is 1. The number of carboxylic acid groups (broad SMARTS) is 1. The molecule has 0 aliphatic heterocycles. The van der Waals surface area contributed by atoms with Gasteiger partial charge in [-0.05, 0) is 19.1 Å². The first-order valence-corrected chi connectivity index (χ1v) is 6.23. The number of ether oxygens (including phenoxy) is 1. The predicted molar refractivity (Wildman–Crippen MR) is 70.7 cm³/mol. The molecule has 1 amide bonds. The van der Waals surface area contributed by atoms with Gasteiger partial charge in [-0.15, -0.1) is 0 Å². The summed E-state index contributed by atoms with van der Waals surface area (Å²) in [5.74, 6) is -2.15. The molecule has 0 bridgehead atoms. The summed E-state index contributed by atoms with van der Waals surface area (Å²) in [6, 6.07) is 5.85. The van der Waals surface area contributed by atoms with E-state index in [-0.39, 0.29) is 24.3 Å². The standard InChI is InChI=1S/C14H15FN2O4/c1-2-17(13(18)8-21-9-14(19)20)7-11-4-3-10(6-16)5-12(11)15/h3-5H,2,7-9H2,1H3,(H,19,20). The van der Waals surface area contributed by atoms with Crippen LogP contribution in [0.2, 0.25) is 0 Å². The SMILES string of the molecule is CCN(Cc1ccc(C#N)cc1F)C(=O)COCC(=O)O. The molecule has 1 aromatic rings. The number of nitriles is 1. The molecule has 0 fully saturated rings. The Kier molecular flexibility index (Phi) is 6.30. The van der Waals surface area contributed by atoms with Gasteiger partial charge in [0.15, 0.2) is 0 Å². The van der Waals surface area contributed by atoms with Crippen LogP contribution < -0.4 is 0 Å². The Bertz CT molecular complexity index is 569. The first kappa shape index (κ1) is 16.6. The Morgan fingerprint density at radius 3 is 2.67 bits per heavy atom. The summed E-state index contributed by atoms with van der Waals surface area (Å²) in [4.78, 5) is 23.5. The molecule has 1 N–H and O–H groups in total. The number of carbonyl (C=O) groups excluding carboxylic acids is 1. The second-order valence-electron chi connectivity index (χ2n) is 4.21. The molecular weight excluding hydrogens is 279 g/mol. The largest absolute Gasteiger partial charge is 0.480 e. The van der Waals surface area contributed by atoms with Crippen molar-refractivity contribution in [1.29, 1.82) is 5.26 Å². The van der Waals surface area contributed by atoms with Gasteiger partial charge < -0.3 is 14.7 Å². The van der Waals surface area contributed by atoms with E-state index in [2.05, 4.69) is 0 Å². The topological polar surface area (TPSA) is 90.6 Å². The molecule has 6 nitrogen and oxygen atoms in total. The molecule has 0 saturated carbocycles.